The number of hydrogen-bond donors (Lipinski definition) is 3. The quantitative estimate of drug-likeness (QED) is 0.214. The molecule has 3 N–H and O–H groups in total. The second kappa shape index (κ2) is 17.4. The Labute approximate surface area is 285 Å². The van der Waals surface area contributed by atoms with Crippen molar-refractivity contribution in [1.29, 1.82) is 0 Å². The van der Waals surface area contributed by atoms with Crippen molar-refractivity contribution in [3.8, 4) is 33.9 Å². The fourth-order valence-corrected chi connectivity index (χ4v) is 5.83. The molecule has 5 rings (SSSR count). The Kier molecular flexibility index (Phi) is 12.5. The highest BCUT2D eigenvalue weighted by atomic mass is 16.4. The van der Waals surface area contributed by atoms with Gasteiger partial charge in [-0.15, -0.1) is 0 Å². The van der Waals surface area contributed by atoms with Crippen LogP contribution in [0.25, 0.3) is 33.9 Å². The van der Waals surface area contributed by atoms with Crippen molar-refractivity contribution < 1.29 is 29.7 Å². The summed E-state index contributed by atoms with van der Waals surface area (Å²) in [5, 5.41) is 28.4. The molecule has 1 saturated heterocycles. The molecule has 4 heterocycles. The van der Waals surface area contributed by atoms with Crippen LogP contribution in [0.4, 0.5) is 0 Å². The smallest absolute Gasteiger partial charge is 0.317 e. The number of pyridine rings is 3. The second-order valence-corrected chi connectivity index (χ2v) is 12.0. The van der Waals surface area contributed by atoms with Crippen LogP contribution in [-0.2, 0) is 20.9 Å². The minimum atomic E-state index is -0.981. The van der Waals surface area contributed by atoms with Crippen molar-refractivity contribution in [2.24, 2.45) is 0 Å². The predicted molar refractivity (Wildman–Crippen MR) is 184 cm³/mol. The molecule has 13 nitrogen and oxygen atoms in total. The Morgan fingerprint density at radius 2 is 0.918 bits per heavy atom. The molecule has 1 fully saturated rings. The Hall–Kier alpha value is -5.08. The van der Waals surface area contributed by atoms with E-state index in [0.29, 0.717) is 58.9 Å². The summed E-state index contributed by atoms with van der Waals surface area (Å²) in [6, 6.07) is 23.8. The fraction of sp³-hybridized carbons (Fsp3) is 0.333. The summed E-state index contributed by atoms with van der Waals surface area (Å²) in [4.78, 5) is 56.2. The molecule has 0 aliphatic carbocycles. The molecule has 1 aromatic carbocycles. The summed E-state index contributed by atoms with van der Waals surface area (Å²) < 4.78 is 0. The lowest BCUT2D eigenvalue weighted by molar-refractivity contribution is -0.140. The van der Waals surface area contributed by atoms with Gasteiger partial charge in [0.05, 0.1) is 42.4 Å². The number of hydrogen-bond acceptors (Lipinski definition) is 10. The van der Waals surface area contributed by atoms with Crippen LogP contribution in [0.1, 0.15) is 5.56 Å². The minimum absolute atomic E-state index is 0.151. The van der Waals surface area contributed by atoms with Gasteiger partial charge in [0.1, 0.15) is 0 Å². The number of carboxylic acid groups (broad SMARTS) is 3. The normalized spacial score (nSPS) is 16.0. The summed E-state index contributed by atoms with van der Waals surface area (Å²) in [6.07, 6.45) is 3.49. The highest BCUT2D eigenvalue weighted by Crippen LogP contribution is 2.29. The van der Waals surface area contributed by atoms with Crippen LogP contribution in [0.2, 0.25) is 0 Å². The number of aliphatic carboxylic acids is 3. The zero-order valence-corrected chi connectivity index (χ0v) is 27.3. The highest BCUT2D eigenvalue weighted by Gasteiger charge is 2.20. The Bertz CT molecular complexity index is 1600. The molecule has 13 heteroatoms. The standard InChI is InChI=1S/C36H41N7O6/c44-34(45)24-41-15-13-40(14-16-42(25-35(46)47)18-20-43(19-17-41)26-36(48)49)23-27-7-9-28(10-8-27)29-21-32(30-5-1-3-11-37-30)39-33(22-29)31-6-2-4-12-38-31/h1-12,21-22H,13-20,23-26H2,(H,44,45)(H,46,47)(H,48,49). The maximum atomic E-state index is 11.6. The van der Waals surface area contributed by atoms with E-state index < -0.39 is 17.9 Å². The predicted octanol–water partition coefficient (Wildman–Crippen LogP) is 2.85. The number of benzene rings is 1. The SMILES string of the molecule is O=C(O)CN1CCN(CC(=O)O)CCN(Cc2ccc(-c3cc(-c4ccccn4)nc(-c4ccccn4)c3)cc2)CCN(CC(=O)O)CC1. The van der Waals surface area contributed by atoms with Gasteiger partial charge < -0.3 is 15.3 Å². The molecule has 0 amide bonds. The van der Waals surface area contributed by atoms with Gasteiger partial charge in [-0.05, 0) is 53.1 Å². The Morgan fingerprint density at radius 1 is 0.510 bits per heavy atom. The molecule has 0 bridgehead atoms. The van der Waals surface area contributed by atoms with Crippen molar-refractivity contribution in [3.63, 3.8) is 0 Å². The summed E-state index contributed by atoms with van der Waals surface area (Å²) in [5.74, 6) is -2.87. The van der Waals surface area contributed by atoms with Crippen molar-refractivity contribution in [2.45, 2.75) is 6.54 Å². The third kappa shape index (κ3) is 11.0. The molecule has 0 spiro atoms. The van der Waals surface area contributed by atoms with Crippen LogP contribution in [0.3, 0.4) is 0 Å². The van der Waals surface area contributed by atoms with Gasteiger partial charge in [0.25, 0.3) is 0 Å². The van der Waals surface area contributed by atoms with Crippen molar-refractivity contribution in [1.82, 2.24) is 34.6 Å². The lowest BCUT2D eigenvalue weighted by atomic mass is 10.0. The van der Waals surface area contributed by atoms with E-state index in [2.05, 4.69) is 39.1 Å². The van der Waals surface area contributed by atoms with Gasteiger partial charge in [0, 0.05) is 71.3 Å². The third-order valence-electron chi connectivity index (χ3n) is 8.38. The average Bonchev–Trinajstić information content (AvgIpc) is 3.09. The van der Waals surface area contributed by atoms with Gasteiger partial charge >= 0.3 is 17.9 Å². The highest BCUT2D eigenvalue weighted by molar-refractivity contribution is 5.75. The first-order chi connectivity index (χ1) is 23.7. The number of carbonyl (C=O) groups is 3. The van der Waals surface area contributed by atoms with E-state index in [1.54, 1.807) is 17.3 Å². The molecule has 3 aromatic heterocycles. The van der Waals surface area contributed by atoms with Crippen LogP contribution in [0, 0.1) is 0 Å². The minimum Gasteiger partial charge on any atom is -0.480 e. The zero-order chi connectivity index (χ0) is 34.6. The second-order valence-electron chi connectivity index (χ2n) is 12.0. The summed E-state index contributed by atoms with van der Waals surface area (Å²) in [7, 11) is 0. The molecule has 0 atom stereocenters. The molecule has 0 radical (unpaired) electrons. The van der Waals surface area contributed by atoms with Crippen LogP contribution < -0.4 is 0 Å². The molecule has 1 aliphatic heterocycles. The van der Waals surface area contributed by atoms with E-state index in [0.717, 1.165) is 39.5 Å². The first-order valence-corrected chi connectivity index (χ1v) is 16.2. The van der Waals surface area contributed by atoms with Crippen LogP contribution in [-0.4, -0.2) is 140 Å². The fourth-order valence-electron chi connectivity index (χ4n) is 5.83. The molecule has 49 heavy (non-hydrogen) atoms. The van der Waals surface area contributed by atoms with Gasteiger partial charge in [-0.3, -0.25) is 44.0 Å². The molecule has 0 saturated carbocycles. The Balaban J connectivity index is 1.36. The summed E-state index contributed by atoms with van der Waals surface area (Å²) in [6.45, 7) is 3.62. The summed E-state index contributed by atoms with van der Waals surface area (Å²) in [5.41, 5.74) is 6.03. The van der Waals surface area contributed by atoms with E-state index >= 15 is 0 Å². The molecular formula is C36H41N7O6. The first-order valence-electron chi connectivity index (χ1n) is 16.2. The van der Waals surface area contributed by atoms with Gasteiger partial charge in [-0.1, -0.05) is 36.4 Å². The summed E-state index contributed by atoms with van der Waals surface area (Å²) >= 11 is 0. The van der Waals surface area contributed by atoms with Gasteiger partial charge in [0.15, 0.2) is 0 Å². The van der Waals surface area contributed by atoms with E-state index in [1.165, 1.54) is 0 Å². The molecule has 4 aromatic rings. The lowest BCUT2D eigenvalue weighted by Gasteiger charge is -2.33. The largest absolute Gasteiger partial charge is 0.480 e. The van der Waals surface area contributed by atoms with Crippen LogP contribution in [0.5, 0.6) is 0 Å². The zero-order valence-electron chi connectivity index (χ0n) is 27.3. The number of nitrogens with zero attached hydrogens (tertiary/aromatic N) is 7. The number of aromatic nitrogens is 3. The number of rotatable bonds is 11. The van der Waals surface area contributed by atoms with E-state index in [1.807, 2.05) is 58.3 Å². The molecule has 0 unspecified atom stereocenters. The van der Waals surface area contributed by atoms with E-state index in [-0.39, 0.29) is 19.6 Å². The molecule has 1 aliphatic rings. The maximum Gasteiger partial charge on any atom is 0.317 e. The van der Waals surface area contributed by atoms with Crippen molar-refractivity contribution >= 4 is 17.9 Å². The molecule has 256 valence electrons. The van der Waals surface area contributed by atoms with Crippen molar-refractivity contribution in [2.75, 3.05) is 72.0 Å². The molecular weight excluding hydrogens is 626 g/mol. The van der Waals surface area contributed by atoms with Crippen molar-refractivity contribution in [3.05, 3.63) is 90.8 Å². The average molecular weight is 668 g/mol. The monoisotopic (exact) mass is 667 g/mol. The number of carboxylic acids is 3. The third-order valence-corrected chi connectivity index (χ3v) is 8.38. The van der Waals surface area contributed by atoms with Gasteiger partial charge in [-0.25, -0.2) is 4.98 Å². The van der Waals surface area contributed by atoms with Crippen LogP contribution in [0.15, 0.2) is 85.2 Å². The van der Waals surface area contributed by atoms with Crippen LogP contribution >= 0.6 is 0 Å². The maximum absolute atomic E-state index is 11.6. The lowest BCUT2D eigenvalue weighted by Crippen LogP contribution is -2.48. The van der Waals surface area contributed by atoms with E-state index in [4.69, 9.17) is 4.98 Å². The van der Waals surface area contributed by atoms with Gasteiger partial charge in [-0.2, -0.15) is 0 Å². The Morgan fingerprint density at radius 3 is 1.29 bits per heavy atom. The topological polar surface area (TPSA) is 164 Å². The van der Waals surface area contributed by atoms with Gasteiger partial charge in [0.2, 0.25) is 0 Å². The first kappa shape index (κ1) is 35.2. The van der Waals surface area contributed by atoms with E-state index in [9.17, 15) is 29.7 Å².